The zero-order valence-corrected chi connectivity index (χ0v) is 11.6. The normalized spacial score (nSPS) is 13.1. The van der Waals surface area contributed by atoms with Crippen molar-refractivity contribution in [2.75, 3.05) is 13.1 Å². The number of benzene rings is 1. The number of nitrogens with one attached hydrogen (secondary N) is 1. The molecule has 90 valence electrons. The van der Waals surface area contributed by atoms with E-state index in [9.17, 15) is 0 Å². The minimum atomic E-state index is 0.504. The van der Waals surface area contributed by atoms with Crippen molar-refractivity contribution < 1.29 is 0 Å². The van der Waals surface area contributed by atoms with Crippen molar-refractivity contribution in [3.8, 4) is 0 Å². The van der Waals surface area contributed by atoms with Gasteiger partial charge in [0.1, 0.15) is 0 Å². The van der Waals surface area contributed by atoms with Crippen LogP contribution >= 0.6 is 15.9 Å². The molecule has 0 bridgehead atoms. The Kier molecular flexibility index (Phi) is 6.03. The van der Waals surface area contributed by atoms with Gasteiger partial charge in [-0.1, -0.05) is 41.9 Å². The maximum Gasteiger partial charge on any atom is 0.0175 e. The molecule has 3 N–H and O–H groups in total. The van der Waals surface area contributed by atoms with Crippen LogP contribution in [0.15, 0.2) is 28.7 Å². The number of hydrogen-bond acceptors (Lipinski definition) is 2. The summed E-state index contributed by atoms with van der Waals surface area (Å²) in [6.45, 7) is 6.07. The van der Waals surface area contributed by atoms with Gasteiger partial charge < -0.3 is 11.1 Å². The van der Waals surface area contributed by atoms with Gasteiger partial charge in [-0.05, 0) is 30.0 Å². The Morgan fingerprint density at radius 1 is 1.25 bits per heavy atom. The lowest BCUT2D eigenvalue weighted by Gasteiger charge is -2.22. The first kappa shape index (κ1) is 13.7. The standard InChI is InChI=1S/C13H21BrN2/c1-10(2)13(16-8-7-15)9-11-3-5-12(14)6-4-11/h3-6,10,13,16H,7-9,15H2,1-2H3. The van der Waals surface area contributed by atoms with E-state index in [4.69, 9.17) is 5.73 Å². The summed E-state index contributed by atoms with van der Waals surface area (Å²) in [5.74, 6) is 0.621. The summed E-state index contributed by atoms with van der Waals surface area (Å²) in [6.07, 6.45) is 1.06. The van der Waals surface area contributed by atoms with Crippen LogP contribution in [0.3, 0.4) is 0 Å². The lowest BCUT2D eigenvalue weighted by Crippen LogP contribution is -2.38. The highest BCUT2D eigenvalue weighted by atomic mass is 79.9. The van der Waals surface area contributed by atoms with Gasteiger partial charge in [-0.15, -0.1) is 0 Å². The van der Waals surface area contributed by atoms with Crippen molar-refractivity contribution in [2.45, 2.75) is 26.3 Å². The average Bonchev–Trinajstić information content (AvgIpc) is 2.26. The molecule has 0 heterocycles. The van der Waals surface area contributed by atoms with Crippen LogP contribution in [-0.4, -0.2) is 19.1 Å². The zero-order chi connectivity index (χ0) is 12.0. The van der Waals surface area contributed by atoms with Crippen LogP contribution in [0.4, 0.5) is 0 Å². The van der Waals surface area contributed by atoms with Gasteiger partial charge in [-0.2, -0.15) is 0 Å². The summed E-state index contributed by atoms with van der Waals surface area (Å²) < 4.78 is 1.13. The van der Waals surface area contributed by atoms with E-state index in [1.54, 1.807) is 0 Å². The Hall–Kier alpha value is -0.380. The highest BCUT2D eigenvalue weighted by Gasteiger charge is 2.12. The van der Waals surface area contributed by atoms with E-state index in [0.29, 0.717) is 18.5 Å². The van der Waals surface area contributed by atoms with Crippen molar-refractivity contribution in [3.05, 3.63) is 34.3 Å². The van der Waals surface area contributed by atoms with E-state index in [-0.39, 0.29) is 0 Å². The summed E-state index contributed by atoms with van der Waals surface area (Å²) >= 11 is 3.45. The quantitative estimate of drug-likeness (QED) is 0.843. The second-order valence-corrected chi connectivity index (χ2v) is 5.34. The minimum Gasteiger partial charge on any atom is -0.329 e. The Balaban J connectivity index is 2.57. The average molecular weight is 285 g/mol. The Morgan fingerprint density at radius 3 is 2.38 bits per heavy atom. The lowest BCUT2D eigenvalue weighted by molar-refractivity contribution is 0.401. The molecule has 0 aliphatic heterocycles. The molecule has 0 amide bonds. The van der Waals surface area contributed by atoms with E-state index < -0.39 is 0 Å². The molecule has 0 saturated carbocycles. The predicted octanol–water partition coefficient (Wildman–Crippen LogP) is 2.56. The van der Waals surface area contributed by atoms with Gasteiger partial charge in [0.25, 0.3) is 0 Å². The molecule has 1 rings (SSSR count). The summed E-state index contributed by atoms with van der Waals surface area (Å²) in [4.78, 5) is 0. The summed E-state index contributed by atoms with van der Waals surface area (Å²) in [5.41, 5.74) is 6.89. The highest BCUT2D eigenvalue weighted by Crippen LogP contribution is 2.14. The molecule has 0 saturated heterocycles. The molecule has 2 nitrogen and oxygen atoms in total. The first-order chi connectivity index (χ1) is 7.63. The van der Waals surface area contributed by atoms with Crippen LogP contribution < -0.4 is 11.1 Å². The van der Waals surface area contributed by atoms with E-state index in [1.807, 2.05) is 0 Å². The second kappa shape index (κ2) is 7.05. The fourth-order valence-electron chi connectivity index (χ4n) is 1.69. The third-order valence-corrected chi connectivity index (χ3v) is 3.25. The van der Waals surface area contributed by atoms with Crippen LogP contribution in [0.5, 0.6) is 0 Å². The Bertz CT molecular complexity index is 295. The number of halogens is 1. The van der Waals surface area contributed by atoms with Crippen molar-refractivity contribution in [2.24, 2.45) is 11.7 Å². The third-order valence-electron chi connectivity index (χ3n) is 2.72. The molecule has 16 heavy (non-hydrogen) atoms. The smallest absolute Gasteiger partial charge is 0.0175 e. The van der Waals surface area contributed by atoms with Crippen LogP contribution in [0, 0.1) is 5.92 Å². The highest BCUT2D eigenvalue weighted by molar-refractivity contribution is 9.10. The maximum absolute atomic E-state index is 5.52. The summed E-state index contributed by atoms with van der Waals surface area (Å²) in [7, 11) is 0. The molecule has 1 aromatic carbocycles. The molecular formula is C13H21BrN2. The first-order valence-electron chi connectivity index (χ1n) is 5.81. The van der Waals surface area contributed by atoms with Gasteiger partial charge in [0.15, 0.2) is 0 Å². The molecule has 0 fully saturated rings. The Labute approximate surface area is 107 Å². The fraction of sp³-hybridized carbons (Fsp3) is 0.538. The molecule has 0 radical (unpaired) electrons. The fourth-order valence-corrected chi connectivity index (χ4v) is 1.95. The van der Waals surface area contributed by atoms with Gasteiger partial charge in [0.05, 0.1) is 0 Å². The molecule has 1 unspecified atom stereocenters. The molecule has 1 atom stereocenters. The number of nitrogens with two attached hydrogens (primary N) is 1. The number of hydrogen-bond donors (Lipinski definition) is 2. The Morgan fingerprint density at radius 2 is 1.88 bits per heavy atom. The molecule has 3 heteroatoms. The van der Waals surface area contributed by atoms with Crippen molar-refractivity contribution in [3.63, 3.8) is 0 Å². The van der Waals surface area contributed by atoms with Crippen LogP contribution in [0.2, 0.25) is 0 Å². The van der Waals surface area contributed by atoms with Gasteiger partial charge in [-0.25, -0.2) is 0 Å². The first-order valence-corrected chi connectivity index (χ1v) is 6.60. The SMILES string of the molecule is CC(C)C(Cc1ccc(Br)cc1)NCCN. The predicted molar refractivity (Wildman–Crippen MR) is 73.5 cm³/mol. The zero-order valence-electron chi connectivity index (χ0n) is 10.0. The molecule has 0 aliphatic rings. The van der Waals surface area contributed by atoms with Gasteiger partial charge in [0.2, 0.25) is 0 Å². The van der Waals surface area contributed by atoms with Gasteiger partial charge >= 0.3 is 0 Å². The largest absolute Gasteiger partial charge is 0.329 e. The van der Waals surface area contributed by atoms with E-state index in [2.05, 4.69) is 59.4 Å². The topological polar surface area (TPSA) is 38.0 Å². The second-order valence-electron chi connectivity index (χ2n) is 4.42. The third kappa shape index (κ3) is 4.64. The molecular weight excluding hydrogens is 264 g/mol. The van der Waals surface area contributed by atoms with Crippen LogP contribution in [-0.2, 0) is 6.42 Å². The molecule has 1 aromatic rings. The molecule has 0 spiro atoms. The summed E-state index contributed by atoms with van der Waals surface area (Å²) in [5, 5.41) is 3.50. The lowest BCUT2D eigenvalue weighted by atomic mass is 9.96. The monoisotopic (exact) mass is 284 g/mol. The van der Waals surface area contributed by atoms with E-state index in [0.717, 1.165) is 17.4 Å². The van der Waals surface area contributed by atoms with E-state index in [1.165, 1.54) is 5.56 Å². The van der Waals surface area contributed by atoms with E-state index >= 15 is 0 Å². The molecule has 0 aliphatic carbocycles. The van der Waals surface area contributed by atoms with Gasteiger partial charge in [-0.3, -0.25) is 0 Å². The maximum atomic E-state index is 5.52. The van der Waals surface area contributed by atoms with Gasteiger partial charge in [0, 0.05) is 23.6 Å². The van der Waals surface area contributed by atoms with Crippen molar-refractivity contribution >= 4 is 15.9 Å². The molecule has 0 aromatic heterocycles. The number of rotatable bonds is 6. The minimum absolute atomic E-state index is 0.504. The van der Waals surface area contributed by atoms with Crippen LogP contribution in [0.1, 0.15) is 19.4 Å². The summed E-state index contributed by atoms with van der Waals surface area (Å²) in [6, 6.07) is 9.03. The van der Waals surface area contributed by atoms with Crippen molar-refractivity contribution in [1.29, 1.82) is 0 Å². The van der Waals surface area contributed by atoms with Crippen molar-refractivity contribution in [1.82, 2.24) is 5.32 Å². The van der Waals surface area contributed by atoms with Crippen LogP contribution in [0.25, 0.3) is 0 Å².